The second kappa shape index (κ2) is 7.91. The molecule has 2 spiro atoms. The first-order chi connectivity index (χ1) is 16.2. The second-order valence-corrected chi connectivity index (χ2v) is 14.6. The van der Waals surface area contributed by atoms with E-state index in [0.717, 1.165) is 25.7 Å². The quantitative estimate of drug-likeness (QED) is 0.387. The highest BCUT2D eigenvalue weighted by atomic mass is 16.3. The van der Waals surface area contributed by atoms with Crippen LogP contribution in [0.2, 0.25) is 0 Å². The van der Waals surface area contributed by atoms with E-state index in [0.29, 0.717) is 33.8 Å². The number of aliphatic hydroxyl groups is 4. The zero-order valence-electron chi connectivity index (χ0n) is 22.8. The molecule has 0 bridgehead atoms. The van der Waals surface area contributed by atoms with Gasteiger partial charge >= 0.3 is 0 Å². The van der Waals surface area contributed by atoms with Gasteiger partial charge in [0.15, 0.2) is 0 Å². The number of hydrogen-bond acceptors (Lipinski definition) is 4. The summed E-state index contributed by atoms with van der Waals surface area (Å²) in [6.07, 6.45) is 8.11. The maximum atomic E-state index is 11.2. The lowest BCUT2D eigenvalue weighted by Crippen LogP contribution is -2.58. The van der Waals surface area contributed by atoms with Crippen molar-refractivity contribution in [2.24, 2.45) is 50.7 Å². The van der Waals surface area contributed by atoms with E-state index in [9.17, 15) is 20.4 Å². The summed E-state index contributed by atoms with van der Waals surface area (Å²) >= 11 is 0. The molecular weight excluding hydrogens is 436 g/mol. The highest BCUT2D eigenvalue weighted by Crippen LogP contribution is 2.89. The van der Waals surface area contributed by atoms with E-state index in [1.165, 1.54) is 32.1 Å². The highest BCUT2D eigenvalue weighted by Gasteiger charge is 2.82. The van der Waals surface area contributed by atoms with Gasteiger partial charge in [-0.3, -0.25) is 0 Å². The lowest BCUT2D eigenvalue weighted by molar-refractivity contribution is -0.168. The summed E-state index contributed by atoms with van der Waals surface area (Å²) in [7, 11) is 0. The molecule has 0 aromatic carbocycles. The summed E-state index contributed by atoms with van der Waals surface area (Å²) in [6, 6.07) is 0. The van der Waals surface area contributed by atoms with E-state index in [1.54, 1.807) is 6.92 Å². The summed E-state index contributed by atoms with van der Waals surface area (Å²) in [5.41, 5.74) is 2.16. The Morgan fingerprint density at radius 1 is 0.857 bits per heavy atom. The summed E-state index contributed by atoms with van der Waals surface area (Å²) < 4.78 is 0. The molecule has 0 saturated heterocycles. The van der Waals surface area contributed by atoms with Gasteiger partial charge in [-0.05, 0) is 115 Å². The Labute approximate surface area is 212 Å². The minimum atomic E-state index is -1.09. The van der Waals surface area contributed by atoms with Crippen LogP contribution in [0.4, 0.5) is 0 Å². The standard InChI is InChI=1S/C31H50O4/c1-18(2)19(3)25(34)26(35)20(16-32)21-10-12-29(7)23-9-8-22-27(4,5)24(33)11-13-30(22)17-31(23,30)15-14-28(21,29)6/h20-26,32-35H,1,3,8-17H2,2,4-7H3. The average Bonchev–Trinajstić information content (AvgIpc) is 3.40. The van der Waals surface area contributed by atoms with Gasteiger partial charge < -0.3 is 20.4 Å². The Morgan fingerprint density at radius 3 is 2.11 bits per heavy atom. The molecule has 0 radical (unpaired) electrons. The SMILES string of the molecule is C=C(C)C(=C)C(O)C(O)C(CO)C1CCC2(C)C3CCC4C(C)(C)C(O)CCC45CC35CCC12C. The molecule has 5 saturated carbocycles. The third kappa shape index (κ3) is 3.06. The Balaban J connectivity index is 1.44. The minimum Gasteiger partial charge on any atom is -0.396 e. The molecule has 0 amide bonds. The largest absolute Gasteiger partial charge is 0.396 e. The van der Waals surface area contributed by atoms with Crippen molar-refractivity contribution in [2.45, 2.75) is 111 Å². The molecule has 0 aromatic heterocycles. The number of aliphatic hydroxyl groups excluding tert-OH is 4. The van der Waals surface area contributed by atoms with Crippen LogP contribution in [-0.4, -0.2) is 45.3 Å². The molecule has 35 heavy (non-hydrogen) atoms. The molecule has 4 heteroatoms. The third-order valence-electron chi connectivity index (χ3n) is 13.5. The van der Waals surface area contributed by atoms with Crippen LogP contribution in [0.5, 0.6) is 0 Å². The van der Waals surface area contributed by atoms with Crippen LogP contribution in [-0.2, 0) is 0 Å². The van der Waals surface area contributed by atoms with Gasteiger partial charge in [-0.15, -0.1) is 0 Å². The number of fused-ring (bicyclic) bond motifs is 2. The van der Waals surface area contributed by atoms with Gasteiger partial charge in [0.1, 0.15) is 6.10 Å². The first-order valence-electron chi connectivity index (χ1n) is 14.2. The van der Waals surface area contributed by atoms with Crippen molar-refractivity contribution < 1.29 is 20.4 Å². The van der Waals surface area contributed by atoms with Crippen LogP contribution in [0.25, 0.3) is 0 Å². The Bertz CT molecular complexity index is 910. The fourth-order valence-corrected chi connectivity index (χ4v) is 11.2. The predicted octanol–water partition coefficient (Wildman–Crippen LogP) is 5.25. The molecule has 5 aliphatic carbocycles. The molecule has 5 fully saturated rings. The van der Waals surface area contributed by atoms with Crippen LogP contribution in [0.3, 0.4) is 0 Å². The van der Waals surface area contributed by atoms with Crippen LogP contribution in [0.1, 0.15) is 92.4 Å². The zero-order valence-corrected chi connectivity index (χ0v) is 22.8. The summed E-state index contributed by atoms with van der Waals surface area (Å²) in [5.74, 6) is 1.10. The van der Waals surface area contributed by atoms with Crippen molar-refractivity contribution in [3.05, 3.63) is 24.3 Å². The van der Waals surface area contributed by atoms with Gasteiger partial charge in [0.2, 0.25) is 0 Å². The van der Waals surface area contributed by atoms with Crippen LogP contribution in [0, 0.1) is 50.7 Å². The predicted molar refractivity (Wildman–Crippen MR) is 139 cm³/mol. The smallest absolute Gasteiger partial charge is 0.105 e. The normalized spacial score (nSPS) is 50.1. The van der Waals surface area contributed by atoms with Gasteiger partial charge in [0.25, 0.3) is 0 Å². The molecule has 0 aliphatic heterocycles. The molecular formula is C31H50O4. The topological polar surface area (TPSA) is 80.9 Å². The van der Waals surface area contributed by atoms with E-state index < -0.39 is 12.2 Å². The van der Waals surface area contributed by atoms with Crippen molar-refractivity contribution in [3.63, 3.8) is 0 Å². The van der Waals surface area contributed by atoms with E-state index >= 15 is 0 Å². The minimum absolute atomic E-state index is 0.000493. The van der Waals surface area contributed by atoms with E-state index in [1.807, 2.05) is 0 Å². The van der Waals surface area contributed by atoms with Gasteiger partial charge in [-0.25, -0.2) is 0 Å². The van der Waals surface area contributed by atoms with Gasteiger partial charge in [-0.1, -0.05) is 46.4 Å². The van der Waals surface area contributed by atoms with Crippen molar-refractivity contribution in [3.8, 4) is 0 Å². The van der Waals surface area contributed by atoms with E-state index in [2.05, 4.69) is 40.9 Å². The van der Waals surface area contributed by atoms with Gasteiger partial charge in [0, 0.05) is 12.5 Å². The molecule has 4 nitrogen and oxygen atoms in total. The average molecular weight is 487 g/mol. The highest BCUT2D eigenvalue weighted by molar-refractivity contribution is 5.31. The van der Waals surface area contributed by atoms with Crippen LogP contribution < -0.4 is 0 Å². The summed E-state index contributed by atoms with van der Waals surface area (Å²) in [4.78, 5) is 0. The lowest BCUT2D eigenvalue weighted by Gasteiger charge is -2.63. The number of rotatable bonds is 6. The van der Waals surface area contributed by atoms with Gasteiger partial charge in [-0.2, -0.15) is 0 Å². The molecule has 0 aromatic rings. The Morgan fingerprint density at radius 2 is 1.49 bits per heavy atom. The zero-order chi connectivity index (χ0) is 25.8. The fourth-order valence-electron chi connectivity index (χ4n) is 11.2. The molecule has 198 valence electrons. The lowest BCUT2D eigenvalue weighted by atomic mass is 9.41. The third-order valence-corrected chi connectivity index (χ3v) is 13.5. The first-order valence-corrected chi connectivity index (χ1v) is 14.2. The fraction of sp³-hybridized carbons (Fsp3) is 0.871. The molecule has 11 atom stereocenters. The van der Waals surface area contributed by atoms with Crippen molar-refractivity contribution >= 4 is 0 Å². The molecule has 4 N–H and O–H groups in total. The van der Waals surface area contributed by atoms with Crippen molar-refractivity contribution in [1.82, 2.24) is 0 Å². The second-order valence-electron chi connectivity index (χ2n) is 14.6. The van der Waals surface area contributed by atoms with Crippen molar-refractivity contribution in [1.29, 1.82) is 0 Å². The molecule has 0 heterocycles. The maximum absolute atomic E-state index is 11.2. The van der Waals surface area contributed by atoms with Gasteiger partial charge in [0.05, 0.1) is 12.2 Å². The monoisotopic (exact) mass is 486 g/mol. The molecule has 5 aliphatic rings. The first kappa shape index (κ1) is 25.9. The van der Waals surface area contributed by atoms with Crippen LogP contribution >= 0.6 is 0 Å². The molecule has 11 unspecified atom stereocenters. The van der Waals surface area contributed by atoms with E-state index in [-0.39, 0.29) is 40.8 Å². The number of hydrogen-bond donors (Lipinski definition) is 4. The van der Waals surface area contributed by atoms with E-state index in [4.69, 9.17) is 0 Å². The van der Waals surface area contributed by atoms with Crippen LogP contribution in [0.15, 0.2) is 24.3 Å². The summed E-state index contributed by atoms with van der Waals surface area (Å²) in [6.45, 7) is 19.1. The summed E-state index contributed by atoms with van der Waals surface area (Å²) in [5, 5.41) is 43.4. The Kier molecular flexibility index (Phi) is 5.87. The Hall–Kier alpha value is -0.680. The van der Waals surface area contributed by atoms with Crippen molar-refractivity contribution in [2.75, 3.05) is 6.61 Å². The molecule has 5 rings (SSSR count). The maximum Gasteiger partial charge on any atom is 0.105 e.